The Morgan fingerprint density at radius 3 is 2.45 bits per heavy atom. The highest BCUT2D eigenvalue weighted by Crippen LogP contribution is 2.13. The van der Waals surface area contributed by atoms with Gasteiger partial charge in [-0.15, -0.1) is 5.70 Å². The van der Waals surface area contributed by atoms with E-state index in [9.17, 15) is 0 Å². The molecule has 0 radical (unpaired) electrons. The summed E-state index contributed by atoms with van der Waals surface area (Å²) in [5.74, 6) is 0. The van der Waals surface area contributed by atoms with Gasteiger partial charge in [0.2, 0.25) is 0 Å². The Kier molecular flexibility index (Phi) is 1.90. The molecule has 0 fully saturated rings. The average molecular weight is 160 g/mol. The number of allylic oxidation sites excluding steroid dienone is 1. The summed E-state index contributed by atoms with van der Waals surface area (Å²) in [5, 5.41) is 0. The third-order valence-electron chi connectivity index (χ3n) is 2.19. The summed E-state index contributed by atoms with van der Waals surface area (Å²) in [6, 6.07) is 13.6. The van der Waals surface area contributed by atoms with Gasteiger partial charge < -0.3 is 0 Å². The Balaban J connectivity index is 2.01. The summed E-state index contributed by atoms with van der Waals surface area (Å²) in [6.07, 6.45) is 2.31. The second-order valence-corrected chi connectivity index (χ2v) is 5.90. The molecule has 0 nitrogen and oxygen atoms in total. The Morgan fingerprint density at radius 2 is 1.91 bits per heavy atom. The number of benzene rings is 1. The molecule has 1 aliphatic rings. The molecule has 2 rings (SSSR count). The van der Waals surface area contributed by atoms with E-state index in [0.29, 0.717) is 0 Å². The normalized spacial score (nSPS) is 21.3. The van der Waals surface area contributed by atoms with E-state index in [-0.39, 0.29) is 0 Å². The van der Waals surface area contributed by atoms with Gasteiger partial charge in [0.1, 0.15) is 0 Å². The van der Waals surface area contributed by atoms with Crippen LogP contribution in [0.1, 0.15) is 5.56 Å². The fraction of sp³-hybridized carbons (Fsp3) is 0.200. The van der Waals surface area contributed by atoms with Crippen molar-refractivity contribution in [2.45, 2.75) is 12.1 Å². The van der Waals surface area contributed by atoms with Crippen LogP contribution in [0.25, 0.3) is 0 Å². The molecule has 1 heteroatoms. The largest absolute Gasteiger partial charge is 0.101 e. The lowest BCUT2D eigenvalue weighted by molar-refractivity contribution is 1.32. The van der Waals surface area contributed by atoms with Crippen LogP contribution >= 0.6 is 0 Å². The molecule has 1 aliphatic heterocycles. The number of hydrogen-bond donors (Lipinski definition) is 0. The second kappa shape index (κ2) is 3.05. The first-order chi connectivity index (χ1) is 5.45. The Labute approximate surface area is 69.2 Å². The van der Waals surface area contributed by atoms with Crippen molar-refractivity contribution in [3.8, 4) is 0 Å². The van der Waals surface area contributed by atoms with Crippen molar-refractivity contribution < 1.29 is 0 Å². The van der Waals surface area contributed by atoms with Gasteiger partial charge in [-0.25, -0.2) is 0 Å². The standard InChI is InChI=1S/C10H12Si/c1-2-5-10(6-3-1)9-11-7-4-8-11/h1-7,11H,8-9H2. The zero-order valence-electron chi connectivity index (χ0n) is 6.53. The van der Waals surface area contributed by atoms with Crippen LogP contribution < -0.4 is 0 Å². The van der Waals surface area contributed by atoms with Gasteiger partial charge >= 0.3 is 0 Å². The molecule has 0 N–H and O–H groups in total. The molecule has 1 atom stereocenters. The molecule has 1 aromatic carbocycles. The smallest absolute Gasteiger partial charge is 0.0690 e. The molecule has 0 saturated carbocycles. The molecule has 0 aliphatic carbocycles. The maximum atomic E-state index is 2.44. The van der Waals surface area contributed by atoms with Crippen molar-refractivity contribution in [1.82, 2.24) is 0 Å². The summed E-state index contributed by atoms with van der Waals surface area (Å²) in [6.45, 7) is 0. The third kappa shape index (κ3) is 1.60. The van der Waals surface area contributed by atoms with E-state index in [0.717, 1.165) is 0 Å². The van der Waals surface area contributed by atoms with Gasteiger partial charge in [0, 0.05) is 0 Å². The van der Waals surface area contributed by atoms with Crippen LogP contribution in [0.2, 0.25) is 6.04 Å². The van der Waals surface area contributed by atoms with Crippen LogP contribution in [-0.2, 0) is 6.04 Å². The first-order valence-corrected chi connectivity index (χ1v) is 6.46. The van der Waals surface area contributed by atoms with E-state index in [4.69, 9.17) is 0 Å². The molecule has 0 aromatic heterocycles. The van der Waals surface area contributed by atoms with Crippen molar-refractivity contribution in [1.29, 1.82) is 0 Å². The summed E-state index contributed by atoms with van der Waals surface area (Å²) in [7, 11) is -0.408. The molecule has 0 spiro atoms. The van der Waals surface area contributed by atoms with Crippen LogP contribution in [0.3, 0.4) is 0 Å². The van der Waals surface area contributed by atoms with Crippen molar-refractivity contribution in [2.24, 2.45) is 0 Å². The van der Waals surface area contributed by atoms with Gasteiger partial charge in [0.25, 0.3) is 0 Å². The first kappa shape index (κ1) is 6.86. The van der Waals surface area contributed by atoms with Gasteiger partial charge in [-0.1, -0.05) is 42.0 Å². The van der Waals surface area contributed by atoms with E-state index in [1.807, 2.05) is 0 Å². The zero-order chi connectivity index (χ0) is 7.52. The Hall–Kier alpha value is -0.823. The molecular formula is C10H12Si. The quantitative estimate of drug-likeness (QED) is 0.581. The van der Waals surface area contributed by atoms with Gasteiger partial charge in [-0.05, 0) is 12.1 Å². The van der Waals surface area contributed by atoms with Crippen LogP contribution in [0.4, 0.5) is 0 Å². The molecule has 1 aromatic rings. The van der Waals surface area contributed by atoms with E-state index < -0.39 is 8.80 Å². The van der Waals surface area contributed by atoms with Crippen LogP contribution in [-0.4, -0.2) is 8.80 Å². The minimum absolute atomic E-state index is 0.408. The number of hydrogen-bond acceptors (Lipinski definition) is 0. The van der Waals surface area contributed by atoms with Crippen molar-refractivity contribution in [3.63, 3.8) is 0 Å². The summed E-state index contributed by atoms with van der Waals surface area (Å²) in [4.78, 5) is 0. The lowest BCUT2D eigenvalue weighted by Crippen LogP contribution is -2.18. The molecule has 0 bridgehead atoms. The fourth-order valence-electron chi connectivity index (χ4n) is 1.40. The molecule has 11 heavy (non-hydrogen) atoms. The lowest BCUT2D eigenvalue weighted by Gasteiger charge is -2.15. The maximum Gasteiger partial charge on any atom is 0.0690 e. The molecule has 1 heterocycles. The van der Waals surface area contributed by atoms with Crippen molar-refractivity contribution in [2.75, 3.05) is 0 Å². The molecule has 1 unspecified atom stereocenters. The SMILES string of the molecule is C1=C[SiH](Cc2ccccc2)C1. The summed E-state index contributed by atoms with van der Waals surface area (Å²) in [5.41, 5.74) is 3.96. The highest BCUT2D eigenvalue weighted by molar-refractivity contribution is 6.67. The molecule has 56 valence electrons. The fourth-order valence-corrected chi connectivity index (χ4v) is 3.23. The topological polar surface area (TPSA) is 0 Å². The van der Waals surface area contributed by atoms with Gasteiger partial charge in [-0.2, -0.15) is 0 Å². The second-order valence-electron chi connectivity index (χ2n) is 3.11. The van der Waals surface area contributed by atoms with Crippen LogP contribution in [0.5, 0.6) is 0 Å². The lowest BCUT2D eigenvalue weighted by atomic mass is 10.2. The van der Waals surface area contributed by atoms with Crippen LogP contribution in [0, 0.1) is 0 Å². The zero-order valence-corrected chi connectivity index (χ0v) is 7.69. The predicted molar refractivity (Wildman–Crippen MR) is 51.2 cm³/mol. The maximum absolute atomic E-state index is 2.44. The van der Waals surface area contributed by atoms with E-state index in [1.54, 1.807) is 0 Å². The first-order valence-electron chi connectivity index (χ1n) is 4.16. The minimum atomic E-state index is -0.408. The van der Waals surface area contributed by atoms with Crippen LogP contribution in [0.15, 0.2) is 42.1 Å². The highest BCUT2D eigenvalue weighted by Gasteiger charge is 2.11. The monoisotopic (exact) mass is 160 g/mol. The predicted octanol–water partition coefficient (Wildman–Crippen LogP) is 2.10. The van der Waals surface area contributed by atoms with E-state index in [1.165, 1.54) is 17.7 Å². The van der Waals surface area contributed by atoms with Crippen molar-refractivity contribution in [3.05, 3.63) is 47.7 Å². The Morgan fingerprint density at radius 1 is 1.18 bits per heavy atom. The molecule has 0 saturated heterocycles. The molecular weight excluding hydrogens is 148 g/mol. The third-order valence-corrected chi connectivity index (χ3v) is 4.88. The highest BCUT2D eigenvalue weighted by atomic mass is 28.3. The summed E-state index contributed by atoms with van der Waals surface area (Å²) < 4.78 is 0. The van der Waals surface area contributed by atoms with Gasteiger partial charge in [0.05, 0.1) is 8.80 Å². The number of rotatable bonds is 2. The van der Waals surface area contributed by atoms with Gasteiger partial charge in [0.15, 0.2) is 0 Å². The van der Waals surface area contributed by atoms with Crippen molar-refractivity contribution >= 4 is 8.80 Å². The minimum Gasteiger partial charge on any atom is -0.101 e. The van der Waals surface area contributed by atoms with Gasteiger partial charge in [-0.3, -0.25) is 0 Å². The van der Waals surface area contributed by atoms with E-state index in [2.05, 4.69) is 42.1 Å². The Bertz CT molecular complexity index is 251. The average Bonchev–Trinajstić information content (AvgIpc) is 1.99. The summed E-state index contributed by atoms with van der Waals surface area (Å²) >= 11 is 0. The van der Waals surface area contributed by atoms with E-state index >= 15 is 0 Å². The molecule has 0 amide bonds.